The van der Waals surface area contributed by atoms with Gasteiger partial charge in [0.2, 0.25) is 0 Å². The van der Waals surface area contributed by atoms with Crippen LogP contribution in [0.1, 0.15) is 72.7 Å². The average Bonchev–Trinajstić information content (AvgIpc) is 3.64. The standard InChI is InChI=1S/C21H25NO.C21H18O5.H2O4S/c1-22-18-12-13-19(22)15-20(14-18)23-21(16-8-4-2-5-9-16)17-10-6-3-7-11-17;1-21(2,26-20(23)13-6-4-3-5-7-13)18-11-15-10-14-8-9-19(22)25-16(14)12-17(15)24-18;1-5(2,3)4/h2-11,18-21H,12-15H2,1H3;3-10,12,18H,11H2,1-2H3;(H2,1,2,3,4). The normalized spacial score (nSPS) is 20.6. The number of carbonyl (C=O) groups excluding carboxylic acids is 1. The minimum Gasteiger partial charge on any atom is -0.485 e. The average molecular weight is 756 g/mol. The molecule has 0 radical (unpaired) electrons. The Bertz CT molecular complexity index is 2130. The van der Waals surface area contributed by atoms with Crippen LogP contribution in [0.2, 0.25) is 0 Å². The molecule has 2 bridgehead atoms. The zero-order valence-corrected chi connectivity index (χ0v) is 31.2. The molecule has 4 heterocycles. The number of fused-ring (bicyclic) bond motifs is 4. The zero-order valence-electron chi connectivity index (χ0n) is 30.4. The molecule has 2 N–H and O–H groups in total. The topological polar surface area (TPSA) is 153 Å². The highest BCUT2D eigenvalue weighted by Gasteiger charge is 2.41. The van der Waals surface area contributed by atoms with Gasteiger partial charge < -0.3 is 23.5 Å². The second kappa shape index (κ2) is 16.7. The van der Waals surface area contributed by atoms with Crippen LogP contribution in [-0.4, -0.2) is 65.3 Å². The summed E-state index contributed by atoms with van der Waals surface area (Å²) in [6, 6.07) is 38.4. The molecule has 3 atom stereocenters. The SMILES string of the molecule is CC(C)(OC(=O)c1ccccc1)C1Cc2cc3ccc(=O)oc3cc2O1.CN1C2CCC1CC(OC(c1ccccc1)c1ccccc1)C2.O=S(=O)(O)O. The maximum Gasteiger partial charge on any atom is 0.394 e. The molecule has 11 nitrogen and oxygen atoms in total. The summed E-state index contributed by atoms with van der Waals surface area (Å²) in [5.41, 5.74) is 3.28. The van der Waals surface area contributed by atoms with Crippen LogP contribution in [-0.2, 0) is 26.3 Å². The highest BCUT2D eigenvalue weighted by atomic mass is 32.3. The van der Waals surface area contributed by atoms with Gasteiger partial charge >= 0.3 is 22.0 Å². The Kier molecular flexibility index (Phi) is 12.0. The largest absolute Gasteiger partial charge is 0.485 e. The van der Waals surface area contributed by atoms with Gasteiger partial charge in [-0.1, -0.05) is 78.9 Å². The van der Waals surface area contributed by atoms with Crippen molar-refractivity contribution >= 4 is 27.3 Å². The van der Waals surface area contributed by atoms with E-state index in [9.17, 15) is 9.59 Å². The van der Waals surface area contributed by atoms with Crippen LogP contribution < -0.4 is 10.4 Å². The third kappa shape index (κ3) is 10.0. The third-order valence-electron chi connectivity index (χ3n) is 10.2. The number of piperidine rings is 1. The molecule has 1 aromatic heterocycles. The van der Waals surface area contributed by atoms with Gasteiger partial charge in [0.15, 0.2) is 0 Å². The van der Waals surface area contributed by atoms with Crippen molar-refractivity contribution in [3.8, 4) is 5.75 Å². The quantitative estimate of drug-likeness (QED) is 0.0965. The number of nitrogens with zero attached hydrogens (tertiary/aromatic N) is 1. The van der Waals surface area contributed by atoms with E-state index in [2.05, 4.69) is 72.6 Å². The monoisotopic (exact) mass is 755 g/mol. The van der Waals surface area contributed by atoms with Gasteiger partial charge in [0, 0.05) is 36.0 Å². The molecule has 2 fully saturated rings. The molecule has 0 saturated carbocycles. The van der Waals surface area contributed by atoms with E-state index in [1.807, 2.05) is 26.0 Å². The Morgan fingerprint density at radius 1 is 0.833 bits per heavy atom. The fourth-order valence-corrected chi connectivity index (χ4v) is 7.40. The Morgan fingerprint density at radius 2 is 1.37 bits per heavy atom. The van der Waals surface area contributed by atoms with Gasteiger partial charge in [-0.3, -0.25) is 9.11 Å². The molecular formula is C42H45NO10S. The van der Waals surface area contributed by atoms with Gasteiger partial charge in [-0.25, -0.2) is 9.59 Å². The highest BCUT2D eigenvalue weighted by molar-refractivity contribution is 7.79. The van der Waals surface area contributed by atoms with Crippen molar-refractivity contribution in [3.05, 3.63) is 148 Å². The fourth-order valence-electron chi connectivity index (χ4n) is 7.40. The van der Waals surface area contributed by atoms with E-state index in [4.69, 9.17) is 36.2 Å². The minimum atomic E-state index is -4.67. The number of rotatable bonds is 7. The molecule has 5 aromatic rings. The summed E-state index contributed by atoms with van der Waals surface area (Å²) in [6.45, 7) is 3.68. The van der Waals surface area contributed by atoms with Crippen LogP contribution in [0.25, 0.3) is 11.0 Å². The number of benzene rings is 4. The smallest absolute Gasteiger partial charge is 0.394 e. The maximum absolute atomic E-state index is 12.4. The van der Waals surface area contributed by atoms with E-state index in [1.165, 1.54) is 42.9 Å². The summed E-state index contributed by atoms with van der Waals surface area (Å²) in [5.74, 6) is 0.270. The Morgan fingerprint density at radius 3 is 1.93 bits per heavy atom. The number of hydrogen-bond donors (Lipinski definition) is 2. The van der Waals surface area contributed by atoms with Gasteiger partial charge in [-0.15, -0.1) is 0 Å². The van der Waals surface area contributed by atoms with Crippen molar-refractivity contribution in [3.63, 3.8) is 0 Å². The first-order valence-electron chi connectivity index (χ1n) is 17.9. The number of hydrogen-bond acceptors (Lipinski definition) is 9. The van der Waals surface area contributed by atoms with Crippen LogP contribution in [0.3, 0.4) is 0 Å². The zero-order chi connectivity index (χ0) is 38.5. The number of carbonyl (C=O) groups is 1. The van der Waals surface area contributed by atoms with Crippen molar-refractivity contribution in [2.45, 2.75) is 81.9 Å². The van der Waals surface area contributed by atoms with E-state index in [-0.39, 0.29) is 18.2 Å². The lowest BCUT2D eigenvalue weighted by Gasteiger charge is -2.38. The van der Waals surface area contributed by atoms with Crippen LogP contribution in [0.15, 0.2) is 124 Å². The van der Waals surface area contributed by atoms with Crippen molar-refractivity contribution in [2.75, 3.05) is 7.05 Å². The van der Waals surface area contributed by atoms with E-state index >= 15 is 0 Å². The molecule has 3 aliphatic heterocycles. The summed E-state index contributed by atoms with van der Waals surface area (Å²) in [5, 5.41) is 0.840. The molecule has 12 heteroatoms. The number of esters is 1. The predicted octanol–water partition coefficient (Wildman–Crippen LogP) is 7.50. The van der Waals surface area contributed by atoms with Gasteiger partial charge in [-0.2, -0.15) is 8.42 Å². The van der Waals surface area contributed by atoms with Crippen molar-refractivity contribution in [1.82, 2.24) is 4.90 Å². The highest BCUT2D eigenvalue weighted by Crippen LogP contribution is 2.39. The number of ether oxygens (including phenoxy) is 3. The van der Waals surface area contributed by atoms with E-state index in [1.54, 1.807) is 36.4 Å². The molecule has 0 aliphatic carbocycles. The maximum atomic E-state index is 12.4. The summed E-state index contributed by atoms with van der Waals surface area (Å²) in [4.78, 5) is 26.4. The molecule has 2 saturated heterocycles. The summed E-state index contributed by atoms with van der Waals surface area (Å²) < 4.78 is 55.2. The van der Waals surface area contributed by atoms with Crippen molar-refractivity contribution < 1.29 is 40.9 Å². The first kappa shape index (κ1) is 38.9. The van der Waals surface area contributed by atoms with Gasteiger partial charge in [0.1, 0.15) is 29.1 Å². The molecule has 3 aliphatic rings. The second-order valence-corrected chi connectivity index (χ2v) is 15.2. The van der Waals surface area contributed by atoms with E-state index in [0.717, 1.165) is 10.9 Å². The lowest BCUT2D eigenvalue weighted by molar-refractivity contribution is -0.0517. The summed E-state index contributed by atoms with van der Waals surface area (Å²) in [7, 11) is -2.38. The van der Waals surface area contributed by atoms with Crippen molar-refractivity contribution in [2.24, 2.45) is 0 Å². The van der Waals surface area contributed by atoms with E-state index < -0.39 is 21.6 Å². The molecule has 0 spiro atoms. The van der Waals surface area contributed by atoms with Crippen LogP contribution in [0.4, 0.5) is 0 Å². The minimum absolute atomic E-state index is 0.0465. The molecule has 8 rings (SSSR count). The first-order valence-corrected chi connectivity index (χ1v) is 19.3. The van der Waals surface area contributed by atoms with Gasteiger partial charge in [0.25, 0.3) is 0 Å². The molecule has 0 amide bonds. The Hall–Kier alpha value is -4.85. The molecule has 3 unspecified atom stereocenters. The fraction of sp³-hybridized carbons (Fsp3) is 0.333. The van der Waals surface area contributed by atoms with E-state index in [0.29, 0.717) is 41.5 Å². The summed E-state index contributed by atoms with van der Waals surface area (Å²) >= 11 is 0. The lowest BCUT2D eigenvalue weighted by Crippen LogP contribution is -2.43. The van der Waals surface area contributed by atoms with Gasteiger partial charge in [0.05, 0.1) is 11.7 Å². The molecule has 4 aromatic carbocycles. The van der Waals surface area contributed by atoms with Crippen LogP contribution >= 0.6 is 0 Å². The first-order chi connectivity index (χ1) is 25.7. The third-order valence-corrected chi connectivity index (χ3v) is 10.2. The Balaban J connectivity index is 0.000000165. The molecular weight excluding hydrogens is 711 g/mol. The van der Waals surface area contributed by atoms with Crippen LogP contribution in [0.5, 0.6) is 5.75 Å². The Labute approximate surface area is 315 Å². The second-order valence-electron chi connectivity index (χ2n) is 14.4. The molecule has 284 valence electrons. The van der Waals surface area contributed by atoms with Crippen LogP contribution in [0, 0.1) is 0 Å². The lowest BCUT2D eigenvalue weighted by atomic mass is 9.96. The van der Waals surface area contributed by atoms with Crippen molar-refractivity contribution in [1.29, 1.82) is 0 Å². The van der Waals surface area contributed by atoms with Gasteiger partial charge in [-0.05, 0) is 87.5 Å². The molecule has 54 heavy (non-hydrogen) atoms. The predicted molar refractivity (Wildman–Crippen MR) is 204 cm³/mol. The summed E-state index contributed by atoms with van der Waals surface area (Å²) in [6.07, 6.45) is 5.71.